The molecule has 1 heterocycles. The molecule has 1 N–H and O–H groups in total. The van der Waals surface area contributed by atoms with E-state index >= 15 is 0 Å². The number of hydrogen-bond acceptors (Lipinski definition) is 6. The highest BCUT2D eigenvalue weighted by atomic mass is 32.2. The monoisotopic (exact) mass is 383 g/mol. The Kier molecular flexibility index (Phi) is 6.73. The summed E-state index contributed by atoms with van der Waals surface area (Å²) < 4.78 is 45.0. The largest absolute Gasteiger partial charge is 0.466 e. The van der Waals surface area contributed by atoms with Gasteiger partial charge in [-0.2, -0.15) is 13.2 Å². The highest BCUT2D eigenvalue weighted by Crippen LogP contribution is 2.37. The van der Waals surface area contributed by atoms with Crippen molar-refractivity contribution in [1.82, 2.24) is 15.5 Å². The summed E-state index contributed by atoms with van der Waals surface area (Å²) in [7, 11) is 0. The van der Waals surface area contributed by atoms with E-state index in [2.05, 4.69) is 15.5 Å². The number of hydrogen-bond donors (Lipinski definition) is 1. The Bertz CT molecular complexity index is 552. The van der Waals surface area contributed by atoms with E-state index in [4.69, 9.17) is 4.74 Å². The van der Waals surface area contributed by atoms with Crippen molar-refractivity contribution in [3.8, 4) is 5.19 Å². The van der Waals surface area contributed by atoms with Crippen LogP contribution in [0.3, 0.4) is 0 Å². The highest BCUT2D eigenvalue weighted by molar-refractivity contribution is 8.01. The minimum atomic E-state index is -4.27. The fraction of sp³-hybridized carbons (Fsp3) is 0.786. The van der Waals surface area contributed by atoms with Crippen molar-refractivity contribution in [3.63, 3.8) is 0 Å². The fourth-order valence-electron chi connectivity index (χ4n) is 2.58. The predicted molar refractivity (Wildman–Crippen MR) is 86.3 cm³/mol. The average molecular weight is 383 g/mol. The van der Waals surface area contributed by atoms with Crippen molar-refractivity contribution in [2.24, 2.45) is 5.92 Å². The number of nitrogens with one attached hydrogen (secondary N) is 1. The first-order valence-electron chi connectivity index (χ1n) is 7.74. The van der Waals surface area contributed by atoms with Gasteiger partial charge in [0.2, 0.25) is 5.91 Å². The van der Waals surface area contributed by atoms with Crippen molar-refractivity contribution < 1.29 is 22.7 Å². The number of thioether (sulfide) groups is 1. The summed E-state index contributed by atoms with van der Waals surface area (Å²) in [5.41, 5.74) is 0. The SMILES string of the molecule is CC(C)Oc1nnc(SCC(=O)NC2CCCCC2C(F)(F)F)s1. The Hall–Kier alpha value is -1.03. The lowest BCUT2D eigenvalue weighted by Crippen LogP contribution is -2.48. The number of amides is 1. The molecular formula is C14H20F3N3O2S2. The van der Waals surface area contributed by atoms with Crippen LogP contribution in [0.1, 0.15) is 39.5 Å². The number of nitrogens with zero attached hydrogens (tertiary/aromatic N) is 2. The normalized spacial score (nSPS) is 21.8. The van der Waals surface area contributed by atoms with Crippen molar-refractivity contribution in [1.29, 1.82) is 0 Å². The molecule has 1 aromatic heterocycles. The molecule has 1 fully saturated rings. The molecule has 2 rings (SSSR count). The van der Waals surface area contributed by atoms with E-state index in [-0.39, 0.29) is 18.3 Å². The van der Waals surface area contributed by atoms with Crippen LogP contribution in [0.25, 0.3) is 0 Å². The molecule has 24 heavy (non-hydrogen) atoms. The van der Waals surface area contributed by atoms with Gasteiger partial charge in [-0.25, -0.2) is 0 Å². The third-order valence-corrected chi connectivity index (χ3v) is 5.53. The van der Waals surface area contributed by atoms with Crippen LogP contribution in [0.2, 0.25) is 0 Å². The number of ether oxygens (including phenoxy) is 1. The minimum Gasteiger partial charge on any atom is -0.466 e. The van der Waals surface area contributed by atoms with E-state index in [1.807, 2.05) is 13.8 Å². The molecule has 1 aliphatic rings. The first-order chi connectivity index (χ1) is 11.3. The molecule has 1 amide bonds. The van der Waals surface area contributed by atoms with Gasteiger partial charge in [0.15, 0.2) is 4.34 Å². The van der Waals surface area contributed by atoms with Crippen LogP contribution >= 0.6 is 23.1 Å². The second kappa shape index (κ2) is 8.37. The van der Waals surface area contributed by atoms with Crippen LogP contribution in [0.5, 0.6) is 5.19 Å². The van der Waals surface area contributed by atoms with Crippen molar-refractivity contribution in [2.45, 2.75) is 62.2 Å². The topological polar surface area (TPSA) is 64.1 Å². The maximum absolute atomic E-state index is 13.0. The van der Waals surface area contributed by atoms with Crippen molar-refractivity contribution >= 4 is 29.0 Å². The summed E-state index contributed by atoms with van der Waals surface area (Å²) in [6, 6.07) is -0.832. The first kappa shape index (κ1) is 19.3. The first-order valence-corrected chi connectivity index (χ1v) is 9.55. The molecule has 136 valence electrons. The predicted octanol–water partition coefficient (Wildman–Crippen LogP) is 3.65. The number of alkyl halides is 3. The fourth-order valence-corrected chi connectivity index (χ4v) is 4.19. The summed E-state index contributed by atoms with van der Waals surface area (Å²) >= 11 is 2.36. The molecule has 0 spiro atoms. The molecule has 0 aromatic carbocycles. The number of carbonyl (C=O) groups is 1. The summed E-state index contributed by atoms with van der Waals surface area (Å²) in [5.74, 6) is -1.85. The summed E-state index contributed by atoms with van der Waals surface area (Å²) in [5, 5.41) is 10.7. The van der Waals surface area contributed by atoms with Gasteiger partial charge in [-0.05, 0) is 38.0 Å². The minimum absolute atomic E-state index is 0.0113. The molecule has 2 atom stereocenters. The van der Waals surface area contributed by atoms with Gasteiger partial charge in [0.25, 0.3) is 5.19 Å². The zero-order valence-corrected chi connectivity index (χ0v) is 15.1. The smallest absolute Gasteiger partial charge is 0.393 e. The van der Waals surface area contributed by atoms with Crippen LogP contribution in [0.4, 0.5) is 13.2 Å². The van der Waals surface area contributed by atoms with Crippen LogP contribution in [-0.4, -0.2) is 40.2 Å². The van der Waals surface area contributed by atoms with E-state index in [1.165, 1.54) is 11.3 Å². The highest BCUT2D eigenvalue weighted by Gasteiger charge is 2.45. The molecule has 0 bridgehead atoms. The van der Waals surface area contributed by atoms with E-state index in [1.54, 1.807) is 0 Å². The Morgan fingerprint density at radius 2 is 2.08 bits per heavy atom. The van der Waals surface area contributed by atoms with E-state index < -0.39 is 24.0 Å². The lowest BCUT2D eigenvalue weighted by Gasteiger charge is -2.33. The maximum atomic E-state index is 13.0. The molecule has 1 saturated carbocycles. The second-order valence-corrected chi connectivity index (χ2v) is 8.06. The summed E-state index contributed by atoms with van der Waals surface area (Å²) in [6.07, 6.45) is -2.59. The molecule has 1 aromatic rings. The van der Waals surface area contributed by atoms with Gasteiger partial charge >= 0.3 is 6.18 Å². The second-order valence-electron chi connectivity index (χ2n) is 5.90. The summed E-state index contributed by atoms with van der Waals surface area (Å²) in [6.45, 7) is 3.73. The van der Waals surface area contributed by atoms with E-state index in [0.717, 1.165) is 11.8 Å². The van der Waals surface area contributed by atoms with Crippen molar-refractivity contribution in [3.05, 3.63) is 0 Å². The number of rotatable bonds is 6. The van der Waals surface area contributed by atoms with Crippen LogP contribution in [-0.2, 0) is 4.79 Å². The number of halogens is 3. The Labute approximate surface area is 146 Å². The molecule has 2 unspecified atom stereocenters. The third-order valence-electron chi connectivity index (χ3n) is 3.58. The summed E-state index contributed by atoms with van der Waals surface area (Å²) in [4.78, 5) is 12.0. The van der Waals surface area contributed by atoms with Gasteiger partial charge in [0.1, 0.15) is 0 Å². The van der Waals surface area contributed by atoms with Gasteiger partial charge in [-0.15, -0.1) is 5.10 Å². The zero-order chi connectivity index (χ0) is 17.7. The van der Waals surface area contributed by atoms with E-state index in [9.17, 15) is 18.0 Å². The Balaban J connectivity index is 1.83. The Morgan fingerprint density at radius 3 is 2.75 bits per heavy atom. The molecule has 0 radical (unpaired) electrons. The molecule has 5 nitrogen and oxygen atoms in total. The van der Waals surface area contributed by atoms with Crippen LogP contribution in [0, 0.1) is 5.92 Å². The van der Waals surface area contributed by atoms with Crippen molar-refractivity contribution in [2.75, 3.05) is 5.75 Å². The standard InChI is InChI=1S/C14H20F3N3O2S2/c1-8(2)22-12-19-20-13(24-12)23-7-11(21)18-10-6-4-3-5-9(10)14(15,16)17/h8-10H,3-7H2,1-2H3,(H,18,21). The van der Waals surface area contributed by atoms with Gasteiger partial charge in [0, 0.05) is 6.04 Å². The third kappa shape index (κ3) is 5.80. The molecule has 10 heteroatoms. The van der Waals surface area contributed by atoms with Gasteiger partial charge in [-0.1, -0.05) is 29.7 Å². The lowest BCUT2D eigenvalue weighted by molar-refractivity contribution is -0.189. The Morgan fingerprint density at radius 1 is 1.38 bits per heavy atom. The lowest BCUT2D eigenvalue weighted by atomic mass is 9.84. The number of carbonyl (C=O) groups excluding carboxylic acids is 1. The van der Waals surface area contributed by atoms with Gasteiger partial charge in [-0.3, -0.25) is 4.79 Å². The van der Waals surface area contributed by atoms with Gasteiger partial charge < -0.3 is 10.1 Å². The molecule has 1 aliphatic carbocycles. The van der Waals surface area contributed by atoms with Gasteiger partial charge in [0.05, 0.1) is 17.8 Å². The molecule has 0 aliphatic heterocycles. The van der Waals surface area contributed by atoms with Crippen LogP contribution in [0.15, 0.2) is 4.34 Å². The quantitative estimate of drug-likeness (QED) is 0.760. The zero-order valence-electron chi connectivity index (χ0n) is 13.4. The maximum Gasteiger partial charge on any atom is 0.393 e. The average Bonchev–Trinajstić information content (AvgIpc) is 2.91. The molecule has 0 saturated heterocycles. The van der Waals surface area contributed by atoms with E-state index in [0.29, 0.717) is 28.8 Å². The number of aromatic nitrogens is 2. The van der Waals surface area contributed by atoms with Crippen LogP contribution < -0.4 is 10.1 Å². The molecular weight excluding hydrogens is 363 g/mol.